The van der Waals surface area contributed by atoms with E-state index in [0.717, 1.165) is 45.8 Å². The van der Waals surface area contributed by atoms with Crippen molar-refractivity contribution in [2.75, 3.05) is 24.3 Å². The van der Waals surface area contributed by atoms with E-state index < -0.39 is 0 Å². The molecule has 5 heterocycles. The van der Waals surface area contributed by atoms with Crippen LogP contribution < -0.4 is 10.2 Å². The Balaban J connectivity index is 0.000000199. The van der Waals surface area contributed by atoms with Gasteiger partial charge in [0.05, 0.1) is 17.1 Å². The van der Waals surface area contributed by atoms with Gasteiger partial charge in [0.25, 0.3) is 0 Å². The maximum atomic E-state index is 14.3. The van der Waals surface area contributed by atoms with Crippen molar-refractivity contribution in [3.8, 4) is 11.3 Å². The highest BCUT2D eigenvalue weighted by atomic mass is 79.9. The average Bonchev–Trinajstić information content (AvgIpc) is 3.69. The van der Waals surface area contributed by atoms with E-state index in [-0.39, 0.29) is 23.1 Å². The molecule has 1 aromatic carbocycles. The fourth-order valence-electron chi connectivity index (χ4n) is 4.59. The molecule has 218 valence electrons. The topological polar surface area (TPSA) is 62.8 Å². The van der Waals surface area contributed by atoms with Gasteiger partial charge in [-0.15, -0.1) is 11.3 Å². The standard InChI is InChI=1S/C19H15BrF2N4S.C10H11BrFN3/c1-3-15-18(26-9-12(20)8-14(22)17(26)23-15)25(2)19-24-16(10-27-19)11-4-6-13(21)7-5-11;1-3-8-10(13-2)15-5-6(11)4-7(12)9(15)14-8/h4-10H,3H2,1-2H3;4-5,13H,3H2,1-2H3. The lowest BCUT2D eigenvalue weighted by Crippen LogP contribution is -2.13. The molecule has 0 saturated heterocycles. The smallest absolute Gasteiger partial charge is 0.191 e. The lowest BCUT2D eigenvalue weighted by molar-refractivity contribution is 0.628. The molecule has 0 fully saturated rings. The van der Waals surface area contributed by atoms with Gasteiger partial charge < -0.3 is 10.2 Å². The summed E-state index contributed by atoms with van der Waals surface area (Å²) in [5.74, 6) is 0.628. The fourth-order valence-corrected chi connectivity index (χ4v) is 6.21. The zero-order valence-electron chi connectivity index (χ0n) is 23.1. The molecule has 6 rings (SSSR count). The molecule has 6 aromatic rings. The number of halogens is 5. The van der Waals surface area contributed by atoms with E-state index in [2.05, 4.69) is 52.1 Å². The minimum Gasteiger partial charge on any atom is -0.373 e. The number of benzene rings is 1. The van der Waals surface area contributed by atoms with Crippen LogP contribution in [-0.2, 0) is 12.8 Å². The van der Waals surface area contributed by atoms with Gasteiger partial charge in [-0.2, -0.15) is 0 Å². The van der Waals surface area contributed by atoms with E-state index in [1.54, 1.807) is 40.4 Å². The van der Waals surface area contributed by atoms with Crippen LogP contribution >= 0.6 is 43.2 Å². The molecule has 0 aliphatic carbocycles. The quantitative estimate of drug-likeness (QED) is 0.187. The summed E-state index contributed by atoms with van der Waals surface area (Å²) in [6.45, 7) is 3.98. The van der Waals surface area contributed by atoms with Gasteiger partial charge in [-0.3, -0.25) is 8.80 Å². The third kappa shape index (κ3) is 5.77. The summed E-state index contributed by atoms with van der Waals surface area (Å²) in [5, 5.41) is 5.70. The number of anilines is 3. The van der Waals surface area contributed by atoms with Crippen molar-refractivity contribution in [3.05, 3.63) is 92.0 Å². The van der Waals surface area contributed by atoms with Crippen molar-refractivity contribution in [3.63, 3.8) is 0 Å². The Kier molecular flexibility index (Phi) is 8.90. The molecule has 1 N–H and O–H groups in total. The maximum Gasteiger partial charge on any atom is 0.191 e. The zero-order valence-corrected chi connectivity index (χ0v) is 27.1. The first kappa shape index (κ1) is 30.1. The Hall–Kier alpha value is -3.42. The minimum atomic E-state index is -0.384. The number of pyridine rings is 2. The van der Waals surface area contributed by atoms with Gasteiger partial charge in [-0.05, 0) is 81.1 Å². The van der Waals surface area contributed by atoms with Crippen molar-refractivity contribution in [1.82, 2.24) is 23.8 Å². The number of hydrogen-bond donors (Lipinski definition) is 1. The number of rotatable bonds is 6. The van der Waals surface area contributed by atoms with Crippen LogP contribution in [0.25, 0.3) is 22.6 Å². The molecular formula is C29H26Br2F3N7S. The summed E-state index contributed by atoms with van der Waals surface area (Å²) < 4.78 is 45.8. The van der Waals surface area contributed by atoms with Gasteiger partial charge in [-0.25, -0.2) is 28.1 Å². The van der Waals surface area contributed by atoms with Gasteiger partial charge in [0.2, 0.25) is 0 Å². The lowest BCUT2D eigenvalue weighted by atomic mass is 10.2. The molecule has 13 heteroatoms. The Morgan fingerprint density at radius 1 is 0.857 bits per heavy atom. The third-order valence-electron chi connectivity index (χ3n) is 6.54. The van der Waals surface area contributed by atoms with Crippen LogP contribution in [0.15, 0.2) is 63.1 Å². The molecule has 0 atom stereocenters. The van der Waals surface area contributed by atoms with Crippen molar-refractivity contribution in [1.29, 1.82) is 0 Å². The number of nitrogens with zero attached hydrogens (tertiary/aromatic N) is 6. The fraction of sp³-hybridized carbons (Fsp3) is 0.207. The number of nitrogens with one attached hydrogen (secondary N) is 1. The molecule has 0 aliphatic rings. The van der Waals surface area contributed by atoms with E-state index >= 15 is 0 Å². The molecular weight excluding hydrogens is 695 g/mol. The molecule has 5 aromatic heterocycles. The lowest BCUT2D eigenvalue weighted by Gasteiger charge is -2.17. The molecule has 0 radical (unpaired) electrons. The minimum absolute atomic E-state index is 0.280. The molecule has 42 heavy (non-hydrogen) atoms. The van der Waals surface area contributed by atoms with Crippen LogP contribution in [-0.4, -0.2) is 37.8 Å². The predicted octanol–water partition coefficient (Wildman–Crippen LogP) is 8.67. The largest absolute Gasteiger partial charge is 0.373 e. The van der Waals surface area contributed by atoms with Crippen molar-refractivity contribution >= 4 is 71.3 Å². The summed E-state index contributed by atoms with van der Waals surface area (Å²) in [5.41, 5.74) is 3.91. The number of fused-ring (bicyclic) bond motifs is 2. The SMILES string of the molecule is CCc1nc2c(F)cc(Br)cn2c1N(C)c1nc(-c2ccc(F)cc2)cs1.CCc1nc2c(F)cc(Br)cn2c1NC. The summed E-state index contributed by atoms with van der Waals surface area (Å²) in [7, 11) is 3.69. The third-order valence-corrected chi connectivity index (χ3v) is 8.33. The first-order valence-corrected chi connectivity index (χ1v) is 15.5. The predicted molar refractivity (Wildman–Crippen MR) is 170 cm³/mol. The van der Waals surface area contributed by atoms with Crippen molar-refractivity contribution < 1.29 is 13.2 Å². The molecule has 7 nitrogen and oxygen atoms in total. The Morgan fingerprint density at radius 2 is 1.43 bits per heavy atom. The van der Waals surface area contributed by atoms with Gasteiger partial charge in [-0.1, -0.05) is 13.8 Å². The van der Waals surface area contributed by atoms with Gasteiger partial charge in [0.1, 0.15) is 17.5 Å². The first-order valence-electron chi connectivity index (χ1n) is 13.0. The highest BCUT2D eigenvalue weighted by Crippen LogP contribution is 2.34. The molecule has 0 spiro atoms. The van der Waals surface area contributed by atoms with Crippen molar-refractivity contribution in [2.24, 2.45) is 0 Å². The highest BCUT2D eigenvalue weighted by molar-refractivity contribution is 9.10. The molecule has 0 aliphatic heterocycles. The van der Waals surface area contributed by atoms with E-state index in [1.807, 2.05) is 31.2 Å². The van der Waals surface area contributed by atoms with Crippen LogP contribution in [0.5, 0.6) is 0 Å². The number of thiazole rings is 1. The summed E-state index contributed by atoms with van der Waals surface area (Å²) >= 11 is 8.07. The second kappa shape index (κ2) is 12.4. The summed E-state index contributed by atoms with van der Waals surface area (Å²) in [6, 6.07) is 9.05. The number of hydrogen-bond acceptors (Lipinski definition) is 6. The molecule has 0 amide bonds. The molecule has 0 unspecified atom stereocenters. The molecule has 0 bridgehead atoms. The number of imidazole rings is 2. The zero-order chi connectivity index (χ0) is 30.1. The second-order valence-corrected chi connectivity index (χ2v) is 11.9. The van der Waals surface area contributed by atoms with Crippen LogP contribution in [0.1, 0.15) is 25.2 Å². The van der Waals surface area contributed by atoms with Crippen molar-refractivity contribution in [2.45, 2.75) is 26.7 Å². The average molecular weight is 721 g/mol. The van der Waals surface area contributed by atoms with Gasteiger partial charge >= 0.3 is 0 Å². The monoisotopic (exact) mass is 719 g/mol. The van der Waals surface area contributed by atoms with Crippen LogP contribution in [0.4, 0.5) is 29.9 Å². The Morgan fingerprint density at radius 3 is 2.02 bits per heavy atom. The van der Waals surface area contributed by atoms with Crippen LogP contribution in [0.3, 0.4) is 0 Å². The summed E-state index contributed by atoms with van der Waals surface area (Å²) in [6.07, 6.45) is 5.03. The van der Waals surface area contributed by atoms with E-state index in [9.17, 15) is 13.2 Å². The first-order chi connectivity index (χ1) is 20.1. The number of aryl methyl sites for hydroxylation is 2. The maximum absolute atomic E-state index is 14.3. The number of aromatic nitrogens is 5. The normalized spacial score (nSPS) is 11.2. The van der Waals surface area contributed by atoms with Crippen LogP contribution in [0.2, 0.25) is 0 Å². The van der Waals surface area contributed by atoms with Gasteiger partial charge in [0, 0.05) is 46.4 Å². The highest BCUT2D eigenvalue weighted by Gasteiger charge is 2.21. The van der Waals surface area contributed by atoms with E-state index in [0.29, 0.717) is 21.0 Å². The Labute approximate surface area is 261 Å². The molecule has 0 saturated carbocycles. The summed E-state index contributed by atoms with van der Waals surface area (Å²) in [4.78, 5) is 15.3. The Bertz CT molecular complexity index is 1880. The van der Waals surface area contributed by atoms with E-state index in [4.69, 9.17) is 0 Å². The van der Waals surface area contributed by atoms with Crippen LogP contribution in [0, 0.1) is 17.5 Å². The van der Waals surface area contributed by atoms with E-state index in [1.165, 1.54) is 35.6 Å². The second-order valence-electron chi connectivity index (χ2n) is 9.23. The van der Waals surface area contributed by atoms with Gasteiger partial charge in [0.15, 0.2) is 28.1 Å².